The summed E-state index contributed by atoms with van der Waals surface area (Å²) >= 11 is 0. The highest BCUT2D eigenvalue weighted by molar-refractivity contribution is 5.78. The van der Waals surface area contributed by atoms with Crippen molar-refractivity contribution in [1.29, 1.82) is 0 Å². The van der Waals surface area contributed by atoms with Crippen molar-refractivity contribution < 1.29 is 5.11 Å². The highest BCUT2D eigenvalue weighted by Gasteiger charge is 2.29. The number of nitrogens with one attached hydrogen (secondary N) is 1. The number of aliphatic hydroxyl groups is 1. The predicted octanol–water partition coefficient (Wildman–Crippen LogP) is 1.70. The van der Waals surface area contributed by atoms with E-state index in [2.05, 4.69) is 43.0 Å². The van der Waals surface area contributed by atoms with Crippen LogP contribution in [-0.4, -0.2) is 45.9 Å². The van der Waals surface area contributed by atoms with Crippen molar-refractivity contribution in [2.45, 2.75) is 12.6 Å². The minimum Gasteiger partial charge on any atom is -0.389 e. The quantitative estimate of drug-likeness (QED) is 0.768. The van der Waals surface area contributed by atoms with E-state index in [1.807, 2.05) is 25.2 Å². The number of hydrogen-bond donors (Lipinski definition) is 2. The minimum atomic E-state index is -0.263. The Morgan fingerprint density at radius 1 is 1.26 bits per heavy atom. The fourth-order valence-corrected chi connectivity index (χ4v) is 2.91. The van der Waals surface area contributed by atoms with Crippen molar-refractivity contribution in [3.8, 4) is 0 Å². The first-order chi connectivity index (χ1) is 11.2. The van der Waals surface area contributed by atoms with Gasteiger partial charge in [-0.05, 0) is 11.6 Å². The molecule has 1 fully saturated rings. The molecule has 0 unspecified atom stereocenters. The second-order valence-electron chi connectivity index (χ2n) is 5.86. The number of hydrogen-bond acceptors (Lipinski definition) is 5. The summed E-state index contributed by atoms with van der Waals surface area (Å²) in [5, 5.41) is 12.7. The first-order valence-corrected chi connectivity index (χ1v) is 7.75. The first-order valence-electron chi connectivity index (χ1n) is 7.75. The third kappa shape index (κ3) is 2.51. The maximum absolute atomic E-state index is 9.61. The van der Waals surface area contributed by atoms with Gasteiger partial charge in [0.1, 0.15) is 0 Å². The van der Waals surface area contributed by atoms with Crippen molar-refractivity contribution in [2.75, 3.05) is 30.4 Å². The van der Waals surface area contributed by atoms with Gasteiger partial charge in [-0.15, -0.1) is 0 Å². The molecule has 0 saturated carbocycles. The Labute approximate surface area is 134 Å². The van der Waals surface area contributed by atoms with Gasteiger partial charge in [-0.2, -0.15) is 4.98 Å². The van der Waals surface area contributed by atoms with Crippen LogP contribution < -0.4 is 10.2 Å². The maximum Gasteiger partial charge on any atom is 0.208 e. The van der Waals surface area contributed by atoms with Gasteiger partial charge in [0.05, 0.1) is 30.0 Å². The molecule has 118 valence electrons. The molecule has 3 aromatic rings. The smallest absolute Gasteiger partial charge is 0.208 e. The Bertz CT molecular complexity index is 824. The van der Waals surface area contributed by atoms with E-state index in [0.717, 1.165) is 29.3 Å². The second-order valence-corrected chi connectivity index (χ2v) is 5.86. The average Bonchev–Trinajstić information content (AvgIpc) is 2.90. The van der Waals surface area contributed by atoms with Gasteiger partial charge in [-0.3, -0.25) is 0 Å². The summed E-state index contributed by atoms with van der Waals surface area (Å²) in [7, 11) is 1.88. The summed E-state index contributed by atoms with van der Waals surface area (Å²) in [6.45, 7) is 1.97. The standard InChI is InChI=1S/C17H19N5O/c1-18-13-7-15-16(19-8-13)20-17(21-10-14(23)11-21)22(15)9-12-5-3-2-4-6-12/h2-8,14,18,23H,9-11H2,1H3. The second kappa shape index (κ2) is 5.55. The van der Waals surface area contributed by atoms with E-state index in [4.69, 9.17) is 0 Å². The highest BCUT2D eigenvalue weighted by Crippen LogP contribution is 2.27. The lowest BCUT2D eigenvalue weighted by molar-refractivity contribution is 0.140. The van der Waals surface area contributed by atoms with Gasteiger partial charge in [-0.25, -0.2) is 4.98 Å². The fraction of sp³-hybridized carbons (Fsp3) is 0.294. The lowest BCUT2D eigenvalue weighted by Crippen LogP contribution is -2.51. The summed E-state index contributed by atoms with van der Waals surface area (Å²) in [5.41, 5.74) is 3.90. The molecule has 1 aliphatic rings. The van der Waals surface area contributed by atoms with Crippen LogP contribution in [0.5, 0.6) is 0 Å². The van der Waals surface area contributed by atoms with E-state index in [9.17, 15) is 5.11 Å². The Balaban J connectivity index is 1.81. The van der Waals surface area contributed by atoms with Crippen molar-refractivity contribution in [1.82, 2.24) is 14.5 Å². The lowest BCUT2D eigenvalue weighted by atomic mass is 10.2. The molecule has 6 nitrogen and oxygen atoms in total. The molecular weight excluding hydrogens is 290 g/mol. The Hall–Kier alpha value is -2.60. The average molecular weight is 309 g/mol. The Kier molecular flexibility index (Phi) is 3.38. The molecule has 2 aromatic heterocycles. The van der Waals surface area contributed by atoms with Crippen molar-refractivity contribution in [3.05, 3.63) is 48.2 Å². The number of anilines is 2. The SMILES string of the molecule is CNc1cnc2nc(N3CC(O)C3)n(Cc3ccccc3)c2c1. The normalized spacial score (nSPS) is 15.0. The molecule has 0 amide bonds. The van der Waals surface area contributed by atoms with E-state index in [1.165, 1.54) is 5.56 Å². The van der Waals surface area contributed by atoms with Crippen LogP contribution in [0.2, 0.25) is 0 Å². The van der Waals surface area contributed by atoms with Gasteiger partial charge in [0.25, 0.3) is 0 Å². The molecule has 1 aromatic carbocycles. The van der Waals surface area contributed by atoms with Crippen molar-refractivity contribution in [3.63, 3.8) is 0 Å². The molecule has 0 aliphatic carbocycles. The monoisotopic (exact) mass is 309 g/mol. The van der Waals surface area contributed by atoms with Crippen LogP contribution in [0.3, 0.4) is 0 Å². The Morgan fingerprint density at radius 3 is 2.74 bits per heavy atom. The van der Waals surface area contributed by atoms with E-state index in [0.29, 0.717) is 13.1 Å². The molecule has 1 aliphatic heterocycles. The third-order valence-corrected chi connectivity index (χ3v) is 4.20. The Morgan fingerprint density at radius 2 is 2.04 bits per heavy atom. The third-order valence-electron chi connectivity index (χ3n) is 4.20. The number of β-amino-alcohol motifs (C(OH)–C–C–N with tert-alkyl or cyclic N) is 1. The van der Waals surface area contributed by atoms with Crippen molar-refractivity contribution >= 4 is 22.8 Å². The van der Waals surface area contributed by atoms with Gasteiger partial charge in [-0.1, -0.05) is 30.3 Å². The molecule has 4 rings (SSSR count). The summed E-state index contributed by atoms with van der Waals surface area (Å²) in [5.74, 6) is 0.870. The van der Waals surface area contributed by atoms with Crippen LogP contribution in [0, 0.1) is 0 Å². The lowest BCUT2D eigenvalue weighted by Gasteiger charge is -2.36. The van der Waals surface area contributed by atoms with Gasteiger partial charge in [0.2, 0.25) is 5.95 Å². The van der Waals surface area contributed by atoms with Crippen molar-refractivity contribution in [2.24, 2.45) is 0 Å². The number of fused-ring (bicyclic) bond motifs is 1. The van der Waals surface area contributed by atoms with Gasteiger partial charge < -0.3 is 19.9 Å². The molecule has 0 spiro atoms. The van der Waals surface area contributed by atoms with E-state index >= 15 is 0 Å². The maximum atomic E-state index is 9.61. The molecule has 6 heteroatoms. The first kappa shape index (κ1) is 14.0. The van der Waals surface area contributed by atoms with E-state index in [1.54, 1.807) is 6.20 Å². The predicted molar refractivity (Wildman–Crippen MR) is 90.8 cm³/mol. The number of imidazole rings is 1. The molecule has 23 heavy (non-hydrogen) atoms. The number of aliphatic hydroxyl groups excluding tert-OH is 1. The van der Waals surface area contributed by atoms with Crippen LogP contribution >= 0.6 is 0 Å². The highest BCUT2D eigenvalue weighted by atomic mass is 16.3. The van der Waals surface area contributed by atoms with Crippen LogP contribution in [0.4, 0.5) is 11.6 Å². The summed E-state index contributed by atoms with van der Waals surface area (Å²) in [4.78, 5) is 11.2. The zero-order valence-corrected chi connectivity index (χ0v) is 13.0. The topological polar surface area (TPSA) is 66.2 Å². The fourth-order valence-electron chi connectivity index (χ4n) is 2.91. The molecule has 0 radical (unpaired) electrons. The number of aromatic nitrogens is 3. The number of pyridine rings is 1. The van der Waals surface area contributed by atoms with E-state index < -0.39 is 0 Å². The number of rotatable bonds is 4. The van der Waals surface area contributed by atoms with Crippen LogP contribution in [-0.2, 0) is 6.54 Å². The molecule has 0 bridgehead atoms. The van der Waals surface area contributed by atoms with Gasteiger partial charge >= 0.3 is 0 Å². The molecule has 2 N–H and O–H groups in total. The van der Waals surface area contributed by atoms with Crippen LogP contribution in [0.25, 0.3) is 11.2 Å². The van der Waals surface area contributed by atoms with Crippen LogP contribution in [0.1, 0.15) is 5.56 Å². The summed E-state index contributed by atoms with van der Waals surface area (Å²) in [6, 6.07) is 12.4. The van der Waals surface area contributed by atoms with Crippen LogP contribution in [0.15, 0.2) is 42.6 Å². The molecule has 1 saturated heterocycles. The summed E-state index contributed by atoms with van der Waals surface area (Å²) in [6.07, 6.45) is 1.53. The van der Waals surface area contributed by atoms with Gasteiger partial charge in [0, 0.05) is 20.1 Å². The largest absolute Gasteiger partial charge is 0.389 e. The molecule has 0 atom stereocenters. The number of nitrogens with zero attached hydrogens (tertiary/aromatic N) is 4. The van der Waals surface area contributed by atoms with Gasteiger partial charge in [0.15, 0.2) is 5.65 Å². The summed E-state index contributed by atoms with van der Waals surface area (Å²) < 4.78 is 2.17. The molecule has 3 heterocycles. The zero-order valence-electron chi connectivity index (χ0n) is 13.0. The number of benzene rings is 1. The molecular formula is C17H19N5O. The minimum absolute atomic E-state index is 0.263. The zero-order chi connectivity index (χ0) is 15.8. The van der Waals surface area contributed by atoms with E-state index in [-0.39, 0.29) is 6.10 Å².